The third-order valence-electron chi connectivity index (χ3n) is 4.76. The van der Waals surface area contributed by atoms with Crippen LogP contribution in [-0.4, -0.2) is 46.9 Å². The Labute approximate surface area is 152 Å². The van der Waals surface area contributed by atoms with Crippen LogP contribution in [0, 0.1) is 0 Å². The fourth-order valence-corrected chi connectivity index (χ4v) is 3.76. The van der Waals surface area contributed by atoms with Gasteiger partial charge >= 0.3 is 17.7 Å². The smallest absolute Gasteiger partial charge is 0.326 e. The summed E-state index contributed by atoms with van der Waals surface area (Å²) in [6.45, 7) is 4.41. The van der Waals surface area contributed by atoms with Gasteiger partial charge in [0.1, 0.15) is 12.0 Å². The van der Waals surface area contributed by atoms with Crippen molar-refractivity contribution in [3.63, 3.8) is 0 Å². The van der Waals surface area contributed by atoms with Gasteiger partial charge in [0.15, 0.2) is 6.10 Å². The molecule has 2 aliphatic rings. The van der Waals surface area contributed by atoms with Gasteiger partial charge in [-0.05, 0) is 24.1 Å². The van der Waals surface area contributed by atoms with E-state index in [4.69, 9.17) is 14.2 Å². The standard InChI is InChI=1S/C20H22O6/c1-11-20(26-13(3)22)18(25-12(2)21)10-17(24-11)19-15-7-5-4-6-14(15)8-9-16(19)23/h4-9,11,17-20H,10H2,1-3H3/p+1/t11?,17-,18-,19?,20-/m1/s1. The number of benzene rings is 1. The molecular formula is C20H23O6+. The van der Waals surface area contributed by atoms with Crippen LogP contribution in [0.15, 0.2) is 30.3 Å². The van der Waals surface area contributed by atoms with Gasteiger partial charge in [0.05, 0.1) is 12.2 Å². The van der Waals surface area contributed by atoms with Crippen LogP contribution in [0.1, 0.15) is 44.2 Å². The van der Waals surface area contributed by atoms with Crippen LogP contribution < -0.4 is 0 Å². The highest BCUT2D eigenvalue weighted by Crippen LogP contribution is 2.37. The molecule has 1 aromatic carbocycles. The first-order chi connectivity index (χ1) is 12.4. The number of esters is 2. The van der Waals surface area contributed by atoms with Crippen molar-refractivity contribution < 1.29 is 28.6 Å². The maximum atomic E-state index is 11.5. The Bertz CT molecular complexity index is 752. The van der Waals surface area contributed by atoms with Gasteiger partial charge in [-0.1, -0.05) is 24.3 Å². The zero-order valence-electron chi connectivity index (χ0n) is 15.0. The van der Waals surface area contributed by atoms with Gasteiger partial charge in [0.25, 0.3) is 0 Å². The second-order valence-corrected chi connectivity index (χ2v) is 6.70. The lowest BCUT2D eigenvalue weighted by molar-refractivity contribution is -0.204. The number of carbonyl (C=O) groups excluding carboxylic acids is 3. The highest BCUT2D eigenvalue weighted by molar-refractivity contribution is 6.03. The largest absolute Gasteiger partial charge is 0.458 e. The molecule has 1 aromatic rings. The second kappa shape index (κ2) is 7.41. The molecule has 2 unspecified atom stereocenters. The van der Waals surface area contributed by atoms with E-state index in [9.17, 15) is 14.4 Å². The highest BCUT2D eigenvalue weighted by Gasteiger charge is 2.47. The van der Waals surface area contributed by atoms with E-state index in [1.807, 2.05) is 30.3 Å². The molecule has 0 bridgehead atoms. The lowest BCUT2D eigenvalue weighted by Gasteiger charge is -2.41. The average molecular weight is 359 g/mol. The number of ether oxygens (including phenoxy) is 3. The predicted octanol–water partition coefficient (Wildman–Crippen LogP) is 2.38. The van der Waals surface area contributed by atoms with Crippen LogP contribution in [-0.2, 0) is 23.8 Å². The van der Waals surface area contributed by atoms with Crippen molar-refractivity contribution >= 4 is 23.8 Å². The third-order valence-corrected chi connectivity index (χ3v) is 4.76. The first kappa shape index (κ1) is 18.3. The van der Waals surface area contributed by atoms with Crippen molar-refractivity contribution in [3.8, 4) is 0 Å². The Kier molecular flexibility index (Phi) is 5.23. The van der Waals surface area contributed by atoms with E-state index in [0.717, 1.165) is 11.1 Å². The van der Waals surface area contributed by atoms with E-state index in [-0.39, 0.29) is 11.7 Å². The van der Waals surface area contributed by atoms with Crippen LogP contribution in [0.25, 0.3) is 6.08 Å². The van der Waals surface area contributed by atoms with Gasteiger partial charge < -0.3 is 14.2 Å². The molecular weight excluding hydrogens is 336 g/mol. The topological polar surface area (TPSA) is 83.2 Å². The summed E-state index contributed by atoms with van der Waals surface area (Å²) in [5.74, 6) is -1.07. The molecule has 6 nitrogen and oxygen atoms in total. The first-order valence-electron chi connectivity index (χ1n) is 8.69. The molecule has 6 heteroatoms. The number of hydrogen-bond donors (Lipinski definition) is 0. The molecule has 0 radical (unpaired) electrons. The molecule has 26 heavy (non-hydrogen) atoms. The van der Waals surface area contributed by atoms with E-state index in [1.54, 1.807) is 13.0 Å². The van der Waals surface area contributed by atoms with Crippen molar-refractivity contribution in [2.45, 2.75) is 57.5 Å². The molecule has 3 rings (SSSR count). The number of allylic oxidation sites excluding steroid dienone is 1. The van der Waals surface area contributed by atoms with Crippen LogP contribution in [0.4, 0.5) is 0 Å². The minimum Gasteiger partial charge on any atom is -0.458 e. The van der Waals surface area contributed by atoms with E-state index >= 15 is 0 Å². The fraction of sp³-hybridized carbons (Fsp3) is 0.450. The van der Waals surface area contributed by atoms with Crippen LogP contribution in [0.3, 0.4) is 0 Å². The Morgan fingerprint density at radius 3 is 2.50 bits per heavy atom. The SMILES string of the molecule is CC(=O)O[C@@H]1C(C)O[C@@H](C2C(=[OH+])C=Cc3ccccc32)C[C@H]1OC(C)=O. The van der Waals surface area contributed by atoms with Crippen molar-refractivity contribution in [3.05, 3.63) is 41.5 Å². The van der Waals surface area contributed by atoms with E-state index in [1.165, 1.54) is 13.8 Å². The molecule has 138 valence electrons. The molecule has 1 saturated heterocycles. The van der Waals surface area contributed by atoms with Gasteiger partial charge in [-0.25, -0.2) is 0 Å². The fourth-order valence-electron chi connectivity index (χ4n) is 3.76. The number of rotatable bonds is 3. The molecule has 0 aromatic heterocycles. The summed E-state index contributed by atoms with van der Waals surface area (Å²) in [5.41, 5.74) is 1.97. The maximum absolute atomic E-state index is 11.5. The van der Waals surface area contributed by atoms with Gasteiger partial charge in [-0.15, -0.1) is 0 Å². The monoisotopic (exact) mass is 359 g/mol. The van der Waals surface area contributed by atoms with Crippen LogP contribution in [0.2, 0.25) is 0 Å². The van der Waals surface area contributed by atoms with Crippen LogP contribution >= 0.6 is 0 Å². The number of ketones is 1. The molecule has 0 spiro atoms. The van der Waals surface area contributed by atoms with Crippen molar-refractivity contribution in [1.82, 2.24) is 0 Å². The minimum atomic E-state index is -0.677. The van der Waals surface area contributed by atoms with Gasteiger partial charge in [-0.3, -0.25) is 14.4 Å². The van der Waals surface area contributed by atoms with Crippen molar-refractivity contribution in [2.24, 2.45) is 0 Å². The summed E-state index contributed by atoms with van der Waals surface area (Å²) in [5, 5.41) is 0. The van der Waals surface area contributed by atoms with E-state index < -0.39 is 36.4 Å². The summed E-state index contributed by atoms with van der Waals surface area (Å²) in [7, 11) is 0. The molecule has 1 fully saturated rings. The molecule has 0 saturated carbocycles. The Morgan fingerprint density at radius 2 is 1.81 bits per heavy atom. The third kappa shape index (κ3) is 3.70. The van der Waals surface area contributed by atoms with E-state index in [2.05, 4.69) is 0 Å². The molecule has 1 heterocycles. The summed E-state index contributed by atoms with van der Waals surface area (Å²) in [6.07, 6.45) is 1.65. The summed E-state index contributed by atoms with van der Waals surface area (Å²) >= 11 is 0. The summed E-state index contributed by atoms with van der Waals surface area (Å²) in [4.78, 5) is 33.4. The number of carbonyl (C=O) groups is 2. The molecule has 1 aliphatic carbocycles. The summed E-state index contributed by atoms with van der Waals surface area (Å²) < 4.78 is 16.8. The molecule has 1 N–H and O–H groups in total. The Balaban J connectivity index is 1.89. The lowest BCUT2D eigenvalue weighted by Crippen LogP contribution is -2.52. The Morgan fingerprint density at radius 1 is 1.12 bits per heavy atom. The summed E-state index contributed by atoms with van der Waals surface area (Å²) in [6, 6.07) is 7.77. The molecule has 1 aliphatic heterocycles. The molecule has 5 atom stereocenters. The zero-order valence-corrected chi connectivity index (χ0v) is 15.0. The number of fused-ring (bicyclic) bond motifs is 1. The highest BCUT2D eigenvalue weighted by atomic mass is 16.6. The van der Waals surface area contributed by atoms with Gasteiger partial charge in [0.2, 0.25) is 0 Å². The normalized spacial score (nSPS) is 30.4. The number of hydrogen-bond acceptors (Lipinski definition) is 5. The average Bonchev–Trinajstić information content (AvgIpc) is 2.57. The van der Waals surface area contributed by atoms with E-state index in [0.29, 0.717) is 6.42 Å². The minimum absolute atomic E-state index is 0.202. The Hall–Kier alpha value is -2.47. The predicted molar refractivity (Wildman–Crippen MR) is 95.2 cm³/mol. The second-order valence-electron chi connectivity index (χ2n) is 6.70. The maximum Gasteiger partial charge on any atom is 0.326 e. The van der Waals surface area contributed by atoms with Gasteiger partial charge in [-0.2, -0.15) is 0 Å². The first-order valence-corrected chi connectivity index (χ1v) is 8.69. The van der Waals surface area contributed by atoms with Crippen molar-refractivity contribution in [2.75, 3.05) is 0 Å². The lowest BCUT2D eigenvalue weighted by atomic mass is 9.79. The zero-order chi connectivity index (χ0) is 18.8. The quantitative estimate of drug-likeness (QED) is 0.611. The molecule has 0 amide bonds. The van der Waals surface area contributed by atoms with Gasteiger partial charge in [0, 0.05) is 26.3 Å². The van der Waals surface area contributed by atoms with Crippen LogP contribution in [0.5, 0.6) is 0 Å². The van der Waals surface area contributed by atoms with Crippen molar-refractivity contribution in [1.29, 1.82) is 0 Å².